The number of hydrogen-bond donors (Lipinski definition) is 1. The van der Waals surface area contributed by atoms with Crippen LogP contribution in [0.4, 0.5) is 19.0 Å². The van der Waals surface area contributed by atoms with Crippen molar-refractivity contribution in [3.63, 3.8) is 0 Å². The molecule has 2 aromatic heterocycles. The molecule has 23 heavy (non-hydrogen) atoms. The first-order valence-electron chi connectivity index (χ1n) is 6.82. The molecule has 0 saturated carbocycles. The van der Waals surface area contributed by atoms with Gasteiger partial charge in [0.1, 0.15) is 5.82 Å². The number of nitrogens with two attached hydrogens (primary N) is 1. The molecular weight excluding hydrogens is 305 g/mol. The van der Waals surface area contributed by atoms with E-state index in [0.717, 1.165) is 28.8 Å². The summed E-state index contributed by atoms with van der Waals surface area (Å²) in [5, 5.41) is 4.22. The smallest absolute Gasteiger partial charge is 0.384 e. The Morgan fingerprint density at radius 3 is 2.43 bits per heavy atom. The summed E-state index contributed by atoms with van der Waals surface area (Å²) in [6.45, 7) is 0.388. The van der Waals surface area contributed by atoms with E-state index in [9.17, 15) is 13.2 Å². The highest BCUT2D eigenvalue weighted by Gasteiger charge is 2.29. The summed E-state index contributed by atoms with van der Waals surface area (Å²) < 4.78 is 39.3. The van der Waals surface area contributed by atoms with Crippen LogP contribution in [0.3, 0.4) is 0 Å². The fourth-order valence-electron chi connectivity index (χ4n) is 2.21. The predicted octanol–water partition coefficient (Wildman–Crippen LogP) is 3.59. The largest absolute Gasteiger partial charge is 0.416 e. The molecule has 0 unspecified atom stereocenters. The number of aromatic nitrogens is 3. The molecule has 0 spiro atoms. The molecule has 4 nitrogen and oxygen atoms in total. The summed E-state index contributed by atoms with van der Waals surface area (Å²) in [6.07, 6.45) is 0.780. The van der Waals surface area contributed by atoms with E-state index < -0.39 is 11.7 Å². The molecule has 2 N–H and O–H groups in total. The highest BCUT2D eigenvalue weighted by Crippen LogP contribution is 2.29. The third kappa shape index (κ3) is 3.50. The Bertz CT molecular complexity index is 807. The van der Waals surface area contributed by atoms with Crippen molar-refractivity contribution in [3.8, 4) is 11.1 Å². The molecule has 0 amide bonds. The average Bonchev–Trinajstić information content (AvgIpc) is 2.95. The lowest BCUT2D eigenvalue weighted by Crippen LogP contribution is -2.05. The van der Waals surface area contributed by atoms with Crippen molar-refractivity contribution in [3.05, 3.63) is 66.1 Å². The first-order valence-corrected chi connectivity index (χ1v) is 6.82. The van der Waals surface area contributed by atoms with Gasteiger partial charge in [-0.3, -0.25) is 4.68 Å². The zero-order chi connectivity index (χ0) is 16.4. The molecule has 118 valence electrons. The first-order chi connectivity index (χ1) is 10.9. The lowest BCUT2D eigenvalue weighted by molar-refractivity contribution is -0.137. The van der Waals surface area contributed by atoms with Crippen LogP contribution in [0.2, 0.25) is 0 Å². The monoisotopic (exact) mass is 318 g/mol. The van der Waals surface area contributed by atoms with Crippen LogP contribution in [0.1, 0.15) is 11.1 Å². The molecule has 0 aliphatic heterocycles. The van der Waals surface area contributed by atoms with Crippen LogP contribution in [-0.2, 0) is 12.7 Å². The normalized spacial score (nSPS) is 11.6. The minimum Gasteiger partial charge on any atom is -0.384 e. The Balaban J connectivity index is 1.77. The minimum atomic E-state index is -4.32. The van der Waals surface area contributed by atoms with Crippen molar-refractivity contribution in [2.24, 2.45) is 0 Å². The Hall–Kier alpha value is -2.83. The Labute approximate surface area is 130 Å². The molecule has 0 atom stereocenters. The summed E-state index contributed by atoms with van der Waals surface area (Å²) in [4.78, 5) is 3.93. The van der Waals surface area contributed by atoms with Gasteiger partial charge in [-0.1, -0.05) is 12.1 Å². The molecule has 0 fully saturated rings. The molecule has 0 radical (unpaired) electrons. The highest BCUT2D eigenvalue weighted by atomic mass is 19.4. The van der Waals surface area contributed by atoms with E-state index in [1.54, 1.807) is 23.1 Å². The minimum absolute atomic E-state index is 0.388. The van der Waals surface area contributed by atoms with Crippen molar-refractivity contribution in [1.82, 2.24) is 14.8 Å². The average molecular weight is 318 g/mol. The van der Waals surface area contributed by atoms with E-state index >= 15 is 0 Å². The zero-order valence-corrected chi connectivity index (χ0v) is 12.0. The zero-order valence-electron chi connectivity index (χ0n) is 12.0. The summed E-state index contributed by atoms with van der Waals surface area (Å²) in [6, 6.07) is 8.60. The molecule has 7 heteroatoms. The maximum Gasteiger partial charge on any atom is 0.416 e. The maximum atomic E-state index is 12.5. The summed E-state index contributed by atoms with van der Waals surface area (Å²) in [5.41, 5.74) is 7.48. The molecular formula is C16H13F3N4. The van der Waals surface area contributed by atoms with Crippen molar-refractivity contribution in [2.75, 3.05) is 5.73 Å². The standard InChI is InChI=1S/C16H13F3N4/c17-16(18,19)14-3-1-11(2-4-14)9-23-10-13(8-22-23)12-5-6-21-15(20)7-12/h1-8,10H,9H2,(H2,20,21). The van der Waals surface area contributed by atoms with Crippen LogP contribution in [-0.4, -0.2) is 14.8 Å². The van der Waals surface area contributed by atoms with Crippen LogP contribution in [0.5, 0.6) is 0 Å². The number of rotatable bonds is 3. The number of anilines is 1. The lowest BCUT2D eigenvalue weighted by atomic mass is 10.1. The van der Waals surface area contributed by atoms with Gasteiger partial charge in [0.05, 0.1) is 18.3 Å². The number of hydrogen-bond acceptors (Lipinski definition) is 3. The van der Waals surface area contributed by atoms with Crippen LogP contribution >= 0.6 is 0 Å². The summed E-state index contributed by atoms with van der Waals surface area (Å²) >= 11 is 0. The van der Waals surface area contributed by atoms with Crippen LogP contribution in [0.15, 0.2) is 55.0 Å². The summed E-state index contributed by atoms with van der Waals surface area (Å²) in [5.74, 6) is 0.415. The van der Waals surface area contributed by atoms with Gasteiger partial charge >= 0.3 is 6.18 Å². The van der Waals surface area contributed by atoms with E-state index in [2.05, 4.69) is 10.1 Å². The second-order valence-electron chi connectivity index (χ2n) is 5.09. The van der Waals surface area contributed by atoms with E-state index in [1.165, 1.54) is 12.1 Å². The van der Waals surface area contributed by atoms with Gasteiger partial charge in [0.2, 0.25) is 0 Å². The van der Waals surface area contributed by atoms with Crippen molar-refractivity contribution in [1.29, 1.82) is 0 Å². The second-order valence-corrected chi connectivity index (χ2v) is 5.09. The van der Waals surface area contributed by atoms with E-state index in [1.807, 2.05) is 12.3 Å². The molecule has 0 bridgehead atoms. The number of pyridine rings is 1. The van der Waals surface area contributed by atoms with Crippen LogP contribution < -0.4 is 5.73 Å². The second kappa shape index (κ2) is 5.75. The van der Waals surface area contributed by atoms with Crippen molar-refractivity contribution >= 4 is 5.82 Å². The fourth-order valence-corrected chi connectivity index (χ4v) is 2.21. The van der Waals surface area contributed by atoms with Crippen LogP contribution in [0, 0.1) is 0 Å². The number of halogens is 3. The molecule has 2 heterocycles. The Morgan fingerprint density at radius 1 is 1.04 bits per heavy atom. The van der Waals surface area contributed by atoms with Crippen molar-refractivity contribution in [2.45, 2.75) is 12.7 Å². The maximum absolute atomic E-state index is 12.5. The van der Waals surface area contributed by atoms with Gasteiger partial charge in [-0.05, 0) is 35.4 Å². The SMILES string of the molecule is Nc1cc(-c2cnn(Cc3ccc(C(F)(F)F)cc3)c2)ccn1. The van der Waals surface area contributed by atoms with Gasteiger partial charge < -0.3 is 5.73 Å². The number of benzene rings is 1. The number of alkyl halides is 3. The molecule has 1 aromatic carbocycles. The van der Waals surface area contributed by atoms with Gasteiger partial charge in [0, 0.05) is 18.0 Å². The third-order valence-electron chi connectivity index (χ3n) is 3.37. The molecule has 0 saturated heterocycles. The third-order valence-corrected chi connectivity index (χ3v) is 3.37. The predicted molar refractivity (Wildman–Crippen MR) is 80.4 cm³/mol. The molecule has 0 aliphatic rings. The first kappa shape index (κ1) is 15.1. The lowest BCUT2D eigenvalue weighted by Gasteiger charge is -2.07. The Kier molecular flexibility index (Phi) is 3.77. The van der Waals surface area contributed by atoms with Gasteiger partial charge in [0.15, 0.2) is 0 Å². The van der Waals surface area contributed by atoms with Crippen LogP contribution in [0.25, 0.3) is 11.1 Å². The van der Waals surface area contributed by atoms with Gasteiger partial charge in [-0.25, -0.2) is 4.98 Å². The number of nitrogens with zero attached hydrogens (tertiary/aromatic N) is 3. The van der Waals surface area contributed by atoms with Gasteiger partial charge in [-0.2, -0.15) is 18.3 Å². The van der Waals surface area contributed by atoms with E-state index in [4.69, 9.17) is 5.73 Å². The molecule has 3 aromatic rings. The quantitative estimate of drug-likeness (QED) is 0.803. The fraction of sp³-hybridized carbons (Fsp3) is 0.125. The van der Waals surface area contributed by atoms with Gasteiger partial charge in [0.25, 0.3) is 0 Å². The van der Waals surface area contributed by atoms with E-state index in [-0.39, 0.29) is 0 Å². The topological polar surface area (TPSA) is 56.7 Å². The van der Waals surface area contributed by atoms with Crippen molar-refractivity contribution < 1.29 is 13.2 Å². The summed E-state index contributed by atoms with van der Waals surface area (Å²) in [7, 11) is 0. The molecule has 3 rings (SSSR count). The van der Waals surface area contributed by atoms with E-state index in [0.29, 0.717) is 12.4 Å². The molecule has 0 aliphatic carbocycles. The highest BCUT2D eigenvalue weighted by molar-refractivity contribution is 5.64. The van der Waals surface area contributed by atoms with Gasteiger partial charge in [-0.15, -0.1) is 0 Å². The Morgan fingerprint density at radius 2 is 1.78 bits per heavy atom. The number of nitrogen functional groups attached to an aromatic ring is 1.